The number of carbonyl (C=O) groups is 1. The van der Waals surface area contributed by atoms with Crippen molar-refractivity contribution >= 4 is 23.2 Å². The van der Waals surface area contributed by atoms with Gasteiger partial charge in [-0.2, -0.15) is 0 Å². The molecule has 0 amide bonds. The zero-order chi connectivity index (χ0) is 14.5. The van der Waals surface area contributed by atoms with E-state index in [1.54, 1.807) is 48.5 Å². The maximum absolute atomic E-state index is 10.7. The lowest BCUT2D eigenvalue weighted by molar-refractivity contribution is 0.0697. The van der Waals surface area contributed by atoms with Crippen molar-refractivity contribution in [1.29, 1.82) is 0 Å². The molecule has 0 bridgehead atoms. The van der Waals surface area contributed by atoms with Crippen LogP contribution in [0, 0.1) is 0 Å². The minimum absolute atomic E-state index is 0.259. The van der Waals surface area contributed by atoms with E-state index in [0.29, 0.717) is 17.3 Å². The quantitative estimate of drug-likeness (QED) is 0.827. The summed E-state index contributed by atoms with van der Waals surface area (Å²) in [6.45, 7) is 0.367. The van der Waals surface area contributed by atoms with Crippen molar-refractivity contribution in [2.45, 2.75) is 6.61 Å². The lowest BCUT2D eigenvalue weighted by Gasteiger charge is -2.07. The van der Waals surface area contributed by atoms with E-state index in [0.717, 1.165) is 11.1 Å². The third-order valence-electron chi connectivity index (χ3n) is 2.75. The highest BCUT2D eigenvalue weighted by molar-refractivity contribution is 7.80. The van der Waals surface area contributed by atoms with Crippen molar-refractivity contribution in [3.8, 4) is 5.75 Å². The molecule has 0 heterocycles. The van der Waals surface area contributed by atoms with Crippen LogP contribution in [0.2, 0.25) is 0 Å². The molecule has 0 saturated carbocycles. The van der Waals surface area contributed by atoms with Gasteiger partial charge in [-0.05, 0) is 42.0 Å². The molecule has 0 fully saturated rings. The van der Waals surface area contributed by atoms with E-state index in [9.17, 15) is 4.79 Å². The lowest BCUT2D eigenvalue weighted by atomic mass is 10.1. The van der Waals surface area contributed by atoms with E-state index in [-0.39, 0.29) is 5.56 Å². The summed E-state index contributed by atoms with van der Waals surface area (Å²) < 4.78 is 5.60. The first-order valence-corrected chi connectivity index (χ1v) is 6.32. The summed E-state index contributed by atoms with van der Waals surface area (Å²) in [7, 11) is 0. The van der Waals surface area contributed by atoms with Gasteiger partial charge in [0.05, 0.1) is 5.56 Å². The number of hydrogen-bond donors (Lipinski definition) is 2. The predicted octanol–water partition coefficient (Wildman–Crippen LogP) is 2.60. The average molecular weight is 287 g/mol. The Morgan fingerprint density at radius 3 is 2.10 bits per heavy atom. The van der Waals surface area contributed by atoms with Gasteiger partial charge in [-0.15, -0.1) is 0 Å². The van der Waals surface area contributed by atoms with Crippen molar-refractivity contribution in [2.75, 3.05) is 0 Å². The monoisotopic (exact) mass is 287 g/mol. The first kappa shape index (κ1) is 14.0. The average Bonchev–Trinajstić information content (AvgIpc) is 2.46. The molecule has 3 N–H and O–H groups in total. The molecule has 0 spiro atoms. The molecule has 0 aliphatic heterocycles. The van der Waals surface area contributed by atoms with Crippen LogP contribution in [0.5, 0.6) is 5.75 Å². The number of rotatable bonds is 5. The zero-order valence-electron chi connectivity index (χ0n) is 10.6. The number of aromatic carboxylic acids is 1. The first-order valence-electron chi connectivity index (χ1n) is 5.91. The Balaban J connectivity index is 1.97. The van der Waals surface area contributed by atoms with Gasteiger partial charge in [0.2, 0.25) is 0 Å². The van der Waals surface area contributed by atoms with Gasteiger partial charge < -0.3 is 15.6 Å². The van der Waals surface area contributed by atoms with Gasteiger partial charge in [0.15, 0.2) is 0 Å². The molecule has 0 aliphatic carbocycles. The Labute approximate surface area is 121 Å². The largest absolute Gasteiger partial charge is 0.489 e. The van der Waals surface area contributed by atoms with Crippen molar-refractivity contribution in [1.82, 2.24) is 0 Å². The third kappa shape index (κ3) is 3.55. The minimum Gasteiger partial charge on any atom is -0.489 e. The van der Waals surface area contributed by atoms with Crippen molar-refractivity contribution in [3.63, 3.8) is 0 Å². The molecule has 102 valence electrons. The summed E-state index contributed by atoms with van der Waals surface area (Å²) in [4.78, 5) is 11.1. The van der Waals surface area contributed by atoms with Crippen molar-refractivity contribution in [3.05, 3.63) is 65.2 Å². The number of ether oxygens (including phenoxy) is 1. The Morgan fingerprint density at radius 2 is 1.60 bits per heavy atom. The number of benzene rings is 2. The SMILES string of the molecule is NC(=S)c1ccc(OCc2ccc(C(=O)O)cc2)cc1. The summed E-state index contributed by atoms with van der Waals surface area (Å²) in [5.74, 6) is -0.238. The summed E-state index contributed by atoms with van der Waals surface area (Å²) in [6, 6.07) is 13.7. The van der Waals surface area contributed by atoms with Gasteiger partial charge in [0.1, 0.15) is 17.3 Å². The number of carboxylic acid groups (broad SMARTS) is 1. The van der Waals surface area contributed by atoms with Crippen LogP contribution in [0.15, 0.2) is 48.5 Å². The Hall–Kier alpha value is -2.40. The normalized spacial score (nSPS) is 10.0. The topological polar surface area (TPSA) is 72.5 Å². The predicted molar refractivity (Wildman–Crippen MR) is 80.1 cm³/mol. The molecular weight excluding hydrogens is 274 g/mol. The van der Waals surface area contributed by atoms with E-state index in [4.69, 9.17) is 27.8 Å². The fourth-order valence-electron chi connectivity index (χ4n) is 1.63. The number of carboxylic acids is 1. The van der Waals surface area contributed by atoms with Crippen LogP contribution in [-0.2, 0) is 6.61 Å². The Morgan fingerprint density at radius 1 is 1.05 bits per heavy atom. The molecule has 0 saturated heterocycles. The minimum atomic E-state index is -0.939. The highest BCUT2D eigenvalue weighted by atomic mass is 32.1. The molecule has 5 heteroatoms. The zero-order valence-corrected chi connectivity index (χ0v) is 11.4. The third-order valence-corrected chi connectivity index (χ3v) is 2.98. The summed E-state index contributed by atoms with van der Waals surface area (Å²) in [5, 5.41) is 8.80. The highest BCUT2D eigenvalue weighted by Crippen LogP contribution is 2.14. The van der Waals surface area contributed by atoms with Gasteiger partial charge in [0, 0.05) is 5.56 Å². The van der Waals surface area contributed by atoms with Gasteiger partial charge in [0.25, 0.3) is 0 Å². The maximum atomic E-state index is 10.7. The molecule has 0 aromatic heterocycles. The molecule has 20 heavy (non-hydrogen) atoms. The van der Waals surface area contributed by atoms with E-state index in [2.05, 4.69) is 0 Å². The number of hydrogen-bond acceptors (Lipinski definition) is 3. The van der Waals surface area contributed by atoms with Gasteiger partial charge in [-0.3, -0.25) is 0 Å². The first-order chi connectivity index (χ1) is 9.56. The molecule has 0 radical (unpaired) electrons. The molecule has 0 aliphatic rings. The molecule has 2 aromatic carbocycles. The van der Waals surface area contributed by atoms with Crippen molar-refractivity contribution in [2.24, 2.45) is 5.73 Å². The van der Waals surface area contributed by atoms with E-state index in [1.165, 1.54) is 0 Å². The Bertz CT molecular complexity index is 563. The van der Waals surface area contributed by atoms with Crippen LogP contribution < -0.4 is 10.5 Å². The van der Waals surface area contributed by atoms with Gasteiger partial charge in [-0.25, -0.2) is 4.79 Å². The van der Waals surface area contributed by atoms with E-state index >= 15 is 0 Å². The molecule has 0 unspecified atom stereocenters. The number of thiocarbonyl (C=S) groups is 1. The molecule has 2 aromatic rings. The fraction of sp³-hybridized carbons (Fsp3) is 0.0667. The van der Waals surface area contributed by atoms with Crippen LogP contribution in [-0.4, -0.2) is 16.1 Å². The second-order valence-corrected chi connectivity index (χ2v) is 4.62. The molecule has 0 atom stereocenters. The lowest BCUT2D eigenvalue weighted by Crippen LogP contribution is -2.08. The number of nitrogens with two attached hydrogens (primary N) is 1. The molecular formula is C15H13NO3S. The second-order valence-electron chi connectivity index (χ2n) is 4.18. The van der Waals surface area contributed by atoms with Crippen LogP contribution in [0.25, 0.3) is 0 Å². The molecule has 4 nitrogen and oxygen atoms in total. The van der Waals surface area contributed by atoms with Crippen LogP contribution in [0.3, 0.4) is 0 Å². The standard InChI is InChI=1S/C15H13NO3S/c16-14(20)11-5-7-13(8-6-11)19-9-10-1-3-12(4-2-10)15(17)18/h1-8H,9H2,(H2,16,20)(H,17,18). The second kappa shape index (κ2) is 6.16. The van der Waals surface area contributed by atoms with Gasteiger partial charge in [-0.1, -0.05) is 24.4 Å². The maximum Gasteiger partial charge on any atom is 0.335 e. The van der Waals surface area contributed by atoms with Crippen LogP contribution >= 0.6 is 12.2 Å². The van der Waals surface area contributed by atoms with Crippen LogP contribution in [0.1, 0.15) is 21.5 Å². The fourth-order valence-corrected chi connectivity index (χ4v) is 1.76. The Kier molecular flexibility index (Phi) is 4.32. The van der Waals surface area contributed by atoms with Gasteiger partial charge >= 0.3 is 5.97 Å². The van der Waals surface area contributed by atoms with E-state index < -0.39 is 5.97 Å². The smallest absolute Gasteiger partial charge is 0.335 e. The molecule has 2 rings (SSSR count). The highest BCUT2D eigenvalue weighted by Gasteiger charge is 2.02. The van der Waals surface area contributed by atoms with E-state index in [1.807, 2.05) is 0 Å². The van der Waals surface area contributed by atoms with Crippen LogP contribution in [0.4, 0.5) is 0 Å². The summed E-state index contributed by atoms with van der Waals surface area (Å²) in [5.41, 5.74) is 7.46. The van der Waals surface area contributed by atoms with Crippen molar-refractivity contribution < 1.29 is 14.6 Å². The summed E-state index contributed by atoms with van der Waals surface area (Å²) in [6.07, 6.45) is 0. The summed E-state index contributed by atoms with van der Waals surface area (Å²) >= 11 is 4.87.